The molecule has 2 heteroatoms. The van der Waals surface area contributed by atoms with Crippen LogP contribution in [0.1, 0.15) is 45.4 Å². The van der Waals surface area contributed by atoms with Crippen molar-refractivity contribution in [3.63, 3.8) is 0 Å². The fraction of sp³-hybridized carbons (Fsp3) is 1.00. The first-order valence-corrected chi connectivity index (χ1v) is 5.68. The van der Waals surface area contributed by atoms with Crippen LogP contribution < -0.4 is 5.73 Å². The highest BCUT2D eigenvalue weighted by Crippen LogP contribution is 2.27. The lowest BCUT2D eigenvalue weighted by Gasteiger charge is -2.18. The summed E-state index contributed by atoms with van der Waals surface area (Å²) in [7, 11) is 0. The summed E-state index contributed by atoms with van der Waals surface area (Å²) in [5, 5.41) is 0. The third-order valence-electron chi connectivity index (χ3n) is 2.95. The highest BCUT2D eigenvalue weighted by Gasteiger charge is 2.21. The molecule has 2 nitrogen and oxygen atoms in total. The van der Waals surface area contributed by atoms with Gasteiger partial charge in [-0.2, -0.15) is 0 Å². The van der Waals surface area contributed by atoms with Crippen molar-refractivity contribution in [2.24, 2.45) is 11.7 Å². The van der Waals surface area contributed by atoms with Crippen LogP contribution in [0.25, 0.3) is 0 Å². The molecule has 1 saturated carbocycles. The molecule has 1 unspecified atom stereocenters. The van der Waals surface area contributed by atoms with Gasteiger partial charge in [0.1, 0.15) is 0 Å². The molecule has 0 aromatic heterocycles. The first-order valence-electron chi connectivity index (χ1n) is 5.68. The van der Waals surface area contributed by atoms with Crippen LogP contribution in [0.2, 0.25) is 0 Å². The van der Waals surface area contributed by atoms with Crippen LogP contribution in [-0.2, 0) is 4.74 Å². The van der Waals surface area contributed by atoms with Crippen molar-refractivity contribution < 1.29 is 4.74 Å². The Labute approximate surface area is 81.8 Å². The van der Waals surface area contributed by atoms with E-state index in [0.29, 0.717) is 6.04 Å². The molecular formula is C11H23NO. The molecule has 0 saturated heterocycles. The van der Waals surface area contributed by atoms with Gasteiger partial charge in [0.25, 0.3) is 0 Å². The average Bonchev–Trinajstić information content (AvgIpc) is 2.65. The summed E-state index contributed by atoms with van der Waals surface area (Å²) >= 11 is 0. The van der Waals surface area contributed by atoms with Gasteiger partial charge in [0, 0.05) is 19.3 Å². The summed E-state index contributed by atoms with van der Waals surface area (Å²) in [6, 6.07) is 0.388. The molecule has 78 valence electrons. The standard InChI is InChI=1S/C11H23NO/c1-2-8-13-9-7-11(12)10-5-3-4-6-10/h10-11H,2-9,12H2,1H3. The fourth-order valence-electron chi connectivity index (χ4n) is 2.09. The highest BCUT2D eigenvalue weighted by atomic mass is 16.5. The van der Waals surface area contributed by atoms with Gasteiger partial charge < -0.3 is 10.5 Å². The molecule has 1 atom stereocenters. The molecule has 1 fully saturated rings. The molecule has 0 radical (unpaired) electrons. The Morgan fingerprint density at radius 1 is 1.31 bits per heavy atom. The lowest BCUT2D eigenvalue weighted by atomic mass is 9.97. The van der Waals surface area contributed by atoms with E-state index in [2.05, 4.69) is 6.92 Å². The van der Waals surface area contributed by atoms with E-state index in [4.69, 9.17) is 10.5 Å². The van der Waals surface area contributed by atoms with E-state index < -0.39 is 0 Å². The Morgan fingerprint density at radius 3 is 2.62 bits per heavy atom. The summed E-state index contributed by atoms with van der Waals surface area (Å²) in [6.45, 7) is 3.87. The lowest BCUT2D eigenvalue weighted by Crippen LogP contribution is -2.29. The molecule has 1 aliphatic rings. The monoisotopic (exact) mass is 185 g/mol. The summed E-state index contributed by atoms with van der Waals surface area (Å²) in [6.07, 6.45) is 7.61. The van der Waals surface area contributed by atoms with Crippen LogP contribution in [0.5, 0.6) is 0 Å². The summed E-state index contributed by atoms with van der Waals surface area (Å²) in [4.78, 5) is 0. The summed E-state index contributed by atoms with van der Waals surface area (Å²) < 4.78 is 5.43. The molecule has 1 aliphatic carbocycles. The molecule has 0 aromatic carbocycles. The van der Waals surface area contributed by atoms with Crippen LogP contribution in [0, 0.1) is 5.92 Å². The van der Waals surface area contributed by atoms with Crippen molar-refractivity contribution in [2.45, 2.75) is 51.5 Å². The Balaban J connectivity index is 1.99. The predicted octanol–water partition coefficient (Wildman–Crippen LogP) is 2.32. The van der Waals surface area contributed by atoms with Gasteiger partial charge in [0.2, 0.25) is 0 Å². The average molecular weight is 185 g/mol. The van der Waals surface area contributed by atoms with Gasteiger partial charge in [-0.05, 0) is 31.6 Å². The van der Waals surface area contributed by atoms with E-state index in [1.54, 1.807) is 0 Å². The van der Waals surface area contributed by atoms with Crippen LogP contribution >= 0.6 is 0 Å². The number of hydrogen-bond donors (Lipinski definition) is 1. The molecule has 0 amide bonds. The molecule has 1 rings (SSSR count). The second-order valence-corrected chi connectivity index (χ2v) is 4.11. The normalized spacial score (nSPS) is 20.8. The van der Waals surface area contributed by atoms with Gasteiger partial charge in [-0.15, -0.1) is 0 Å². The molecule has 0 aromatic rings. The van der Waals surface area contributed by atoms with Crippen LogP contribution in [0.3, 0.4) is 0 Å². The molecule has 0 spiro atoms. The van der Waals surface area contributed by atoms with Gasteiger partial charge in [-0.1, -0.05) is 19.8 Å². The minimum Gasteiger partial charge on any atom is -0.381 e. The third-order valence-corrected chi connectivity index (χ3v) is 2.95. The van der Waals surface area contributed by atoms with Gasteiger partial charge in [0.05, 0.1) is 0 Å². The zero-order valence-electron chi connectivity index (χ0n) is 8.80. The van der Waals surface area contributed by atoms with E-state index in [0.717, 1.165) is 32.0 Å². The number of nitrogens with two attached hydrogens (primary N) is 1. The molecule has 13 heavy (non-hydrogen) atoms. The predicted molar refractivity (Wildman–Crippen MR) is 55.7 cm³/mol. The maximum atomic E-state index is 6.08. The minimum absolute atomic E-state index is 0.388. The van der Waals surface area contributed by atoms with E-state index in [1.165, 1.54) is 25.7 Å². The number of ether oxygens (including phenoxy) is 1. The summed E-state index contributed by atoms with van der Waals surface area (Å²) in [5.41, 5.74) is 6.08. The van der Waals surface area contributed by atoms with Crippen molar-refractivity contribution in [1.29, 1.82) is 0 Å². The van der Waals surface area contributed by atoms with E-state index in [-0.39, 0.29) is 0 Å². The Kier molecular flexibility index (Phi) is 5.40. The maximum Gasteiger partial charge on any atom is 0.0480 e. The Morgan fingerprint density at radius 2 is 2.00 bits per heavy atom. The lowest BCUT2D eigenvalue weighted by molar-refractivity contribution is 0.122. The first kappa shape index (κ1) is 11.0. The zero-order chi connectivity index (χ0) is 9.52. The van der Waals surface area contributed by atoms with Gasteiger partial charge in [0.15, 0.2) is 0 Å². The van der Waals surface area contributed by atoms with Crippen LogP contribution in [0.15, 0.2) is 0 Å². The number of hydrogen-bond acceptors (Lipinski definition) is 2. The number of rotatable bonds is 6. The first-order chi connectivity index (χ1) is 6.34. The molecular weight excluding hydrogens is 162 g/mol. The maximum absolute atomic E-state index is 6.08. The summed E-state index contributed by atoms with van der Waals surface area (Å²) in [5.74, 6) is 0.783. The van der Waals surface area contributed by atoms with Gasteiger partial charge in [-0.25, -0.2) is 0 Å². The van der Waals surface area contributed by atoms with Crippen molar-refractivity contribution >= 4 is 0 Å². The van der Waals surface area contributed by atoms with Crippen molar-refractivity contribution in [3.8, 4) is 0 Å². The largest absolute Gasteiger partial charge is 0.381 e. The van der Waals surface area contributed by atoms with Gasteiger partial charge in [-0.3, -0.25) is 0 Å². The SMILES string of the molecule is CCCOCCC(N)C1CCCC1. The van der Waals surface area contributed by atoms with Crippen LogP contribution in [0.4, 0.5) is 0 Å². The topological polar surface area (TPSA) is 35.2 Å². The Hall–Kier alpha value is -0.0800. The molecule has 0 bridgehead atoms. The quantitative estimate of drug-likeness (QED) is 0.644. The zero-order valence-corrected chi connectivity index (χ0v) is 8.80. The fourth-order valence-corrected chi connectivity index (χ4v) is 2.09. The van der Waals surface area contributed by atoms with Crippen LogP contribution in [-0.4, -0.2) is 19.3 Å². The van der Waals surface area contributed by atoms with E-state index in [1.807, 2.05) is 0 Å². The van der Waals surface area contributed by atoms with E-state index in [9.17, 15) is 0 Å². The highest BCUT2D eigenvalue weighted by molar-refractivity contribution is 4.77. The smallest absolute Gasteiger partial charge is 0.0480 e. The second-order valence-electron chi connectivity index (χ2n) is 4.11. The second kappa shape index (κ2) is 6.39. The molecule has 0 heterocycles. The van der Waals surface area contributed by atoms with Crippen molar-refractivity contribution in [1.82, 2.24) is 0 Å². The minimum atomic E-state index is 0.388. The Bertz CT molecular complexity index is 121. The molecule has 0 aliphatic heterocycles. The third kappa shape index (κ3) is 4.10. The van der Waals surface area contributed by atoms with Crippen molar-refractivity contribution in [2.75, 3.05) is 13.2 Å². The van der Waals surface area contributed by atoms with Crippen molar-refractivity contribution in [3.05, 3.63) is 0 Å². The van der Waals surface area contributed by atoms with E-state index >= 15 is 0 Å². The molecule has 2 N–H and O–H groups in total. The van der Waals surface area contributed by atoms with Gasteiger partial charge >= 0.3 is 0 Å².